The van der Waals surface area contributed by atoms with Crippen LogP contribution >= 0.6 is 0 Å². The van der Waals surface area contributed by atoms with Crippen LogP contribution in [-0.2, 0) is 0 Å². The number of hydrogen-bond acceptors (Lipinski definition) is 0. The van der Waals surface area contributed by atoms with Gasteiger partial charge in [0.15, 0.2) is 0 Å². The van der Waals surface area contributed by atoms with E-state index in [1.807, 2.05) is 0 Å². The summed E-state index contributed by atoms with van der Waals surface area (Å²) in [7, 11) is 0. The number of rotatable bonds is 1. The van der Waals surface area contributed by atoms with E-state index in [-0.39, 0.29) is 0 Å². The van der Waals surface area contributed by atoms with Gasteiger partial charge in [0.2, 0.25) is 0 Å². The van der Waals surface area contributed by atoms with Gasteiger partial charge in [-0.2, -0.15) is 0 Å². The van der Waals surface area contributed by atoms with E-state index < -0.39 is 20.2 Å². The Labute approximate surface area is 106 Å². The molecular formula is C15H19Sb. The van der Waals surface area contributed by atoms with Crippen molar-refractivity contribution in [3.05, 3.63) is 42.5 Å². The second-order valence-corrected chi connectivity index (χ2v) is 13.8. The molecule has 0 spiro atoms. The summed E-state index contributed by atoms with van der Waals surface area (Å²) in [6, 6.07) is 15.7. The molecule has 0 saturated carbocycles. The van der Waals surface area contributed by atoms with Gasteiger partial charge in [-0.25, -0.2) is 0 Å². The molecule has 0 fully saturated rings. The summed E-state index contributed by atoms with van der Waals surface area (Å²) in [5.74, 6) is 0. The van der Waals surface area contributed by atoms with Gasteiger partial charge in [0.05, 0.1) is 0 Å². The third-order valence-corrected chi connectivity index (χ3v) is 11.9. The zero-order chi connectivity index (χ0) is 11.8. The fourth-order valence-electron chi connectivity index (χ4n) is 1.77. The van der Waals surface area contributed by atoms with Crippen molar-refractivity contribution in [1.29, 1.82) is 0 Å². The Morgan fingerprint density at radius 1 is 0.875 bits per heavy atom. The Morgan fingerprint density at radius 3 is 2.12 bits per heavy atom. The molecule has 0 unspecified atom stereocenters. The first-order chi connectivity index (χ1) is 7.48. The zero-order valence-corrected chi connectivity index (χ0v) is 13.0. The molecule has 2 aromatic rings. The van der Waals surface area contributed by atoms with E-state index in [0.717, 1.165) is 0 Å². The van der Waals surface area contributed by atoms with Crippen molar-refractivity contribution in [1.82, 2.24) is 0 Å². The van der Waals surface area contributed by atoms with Crippen LogP contribution in [0.15, 0.2) is 42.5 Å². The first-order valence-electron chi connectivity index (χ1n) is 5.71. The van der Waals surface area contributed by atoms with E-state index in [1.54, 1.807) is 3.51 Å². The summed E-state index contributed by atoms with van der Waals surface area (Å²) in [5.41, 5.74) is 0. The van der Waals surface area contributed by atoms with E-state index in [2.05, 4.69) is 68.1 Å². The van der Waals surface area contributed by atoms with Gasteiger partial charge < -0.3 is 0 Å². The molecule has 0 radical (unpaired) electrons. The number of hydrogen-bond donors (Lipinski definition) is 0. The number of fused-ring (bicyclic) bond motifs is 1. The maximum atomic E-state index is 2.49. The van der Waals surface area contributed by atoms with Crippen LogP contribution in [0.25, 0.3) is 10.8 Å². The second kappa shape index (κ2) is 4.41. The molecule has 16 heavy (non-hydrogen) atoms. The van der Waals surface area contributed by atoms with Gasteiger partial charge in [0.25, 0.3) is 0 Å². The molecule has 0 bridgehead atoms. The molecule has 0 atom stereocenters. The quantitative estimate of drug-likeness (QED) is 0.697. The van der Waals surface area contributed by atoms with Gasteiger partial charge in [-0.3, -0.25) is 0 Å². The molecule has 0 N–H and O–H groups in total. The Balaban J connectivity index is 2.47. The molecule has 0 aliphatic rings. The maximum absolute atomic E-state index is 2.49. The topological polar surface area (TPSA) is 0 Å². The summed E-state index contributed by atoms with van der Waals surface area (Å²) >= 11 is -1.32. The van der Waals surface area contributed by atoms with Crippen molar-refractivity contribution in [3.63, 3.8) is 0 Å². The van der Waals surface area contributed by atoms with Crippen molar-refractivity contribution < 1.29 is 0 Å². The predicted octanol–water partition coefficient (Wildman–Crippen LogP) is 3.97. The van der Waals surface area contributed by atoms with Crippen LogP contribution in [0, 0.1) is 0 Å². The van der Waals surface area contributed by atoms with Crippen molar-refractivity contribution >= 4 is 34.5 Å². The van der Waals surface area contributed by atoms with Crippen molar-refractivity contribution in [2.75, 3.05) is 0 Å². The Kier molecular flexibility index (Phi) is 3.31. The summed E-state index contributed by atoms with van der Waals surface area (Å²) in [6.07, 6.45) is 0. The molecule has 0 aromatic heterocycles. The third-order valence-electron chi connectivity index (χ3n) is 3.13. The fraction of sp³-hybridized carbons (Fsp3) is 0.333. The van der Waals surface area contributed by atoms with E-state index in [4.69, 9.17) is 0 Å². The zero-order valence-electron chi connectivity index (χ0n) is 10.5. The molecule has 0 aliphatic carbocycles. The van der Waals surface area contributed by atoms with Crippen LogP contribution in [-0.4, -0.2) is 20.2 Å². The minimum absolute atomic E-state index is 0.505. The molecular weight excluding hydrogens is 302 g/mol. The minimum atomic E-state index is -1.32. The average molecular weight is 321 g/mol. The molecule has 2 aromatic carbocycles. The van der Waals surface area contributed by atoms with Gasteiger partial charge in [-0.1, -0.05) is 0 Å². The molecule has 0 nitrogen and oxygen atoms in total. The number of benzene rings is 2. The summed E-state index contributed by atoms with van der Waals surface area (Å²) < 4.78 is 2.12. The van der Waals surface area contributed by atoms with Gasteiger partial charge in [-0.05, 0) is 0 Å². The molecule has 0 heterocycles. The normalized spacial score (nSPS) is 12.3. The second-order valence-electron chi connectivity index (χ2n) is 5.26. The SMILES string of the molecule is [CH3][Sb]([c]1ccc2ccccc2c1)[C](C)(C)C. The standard InChI is InChI=1S/C10H7.C4H9.CH3.Sb/c1-2-6-10-8-4-3-7-9(10)5-1;1-4(2)3;;/h1-3,5-8H;1-3H3;1H3;. The Bertz CT molecular complexity index is 494. The Hall–Kier alpha value is -0.482. The Morgan fingerprint density at radius 2 is 1.50 bits per heavy atom. The monoisotopic (exact) mass is 320 g/mol. The van der Waals surface area contributed by atoms with Crippen molar-refractivity contribution in [3.8, 4) is 0 Å². The van der Waals surface area contributed by atoms with Crippen LogP contribution in [0.4, 0.5) is 0 Å². The van der Waals surface area contributed by atoms with E-state index >= 15 is 0 Å². The van der Waals surface area contributed by atoms with Crippen molar-refractivity contribution in [2.45, 2.75) is 29.0 Å². The van der Waals surface area contributed by atoms with E-state index in [9.17, 15) is 0 Å². The summed E-state index contributed by atoms with van der Waals surface area (Å²) in [6.45, 7) is 7.14. The fourth-order valence-corrected chi connectivity index (χ4v) is 5.78. The first kappa shape index (κ1) is 12.0. The molecule has 0 saturated heterocycles. The molecule has 84 valence electrons. The predicted molar refractivity (Wildman–Crippen MR) is 74.9 cm³/mol. The first-order valence-corrected chi connectivity index (χ1v) is 10.8. The average Bonchev–Trinajstić information content (AvgIpc) is 2.26. The van der Waals surface area contributed by atoms with Crippen molar-refractivity contribution in [2.24, 2.45) is 0 Å². The van der Waals surface area contributed by atoms with E-state index in [1.165, 1.54) is 10.8 Å². The van der Waals surface area contributed by atoms with Crippen LogP contribution in [0.2, 0.25) is 8.23 Å². The van der Waals surface area contributed by atoms with Gasteiger partial charge in [-0.15, -0.1) is 0 Å². The van der Waals surface area contributed by atoms with E-state index in [0.29, 0.717) is 3.36 Å². The van der Waals surface area contributed by atoms with Gasteiger partial charge in [0, 0.05) is 0 Å². The third kappa shape index (κ3) is 2.43. The van der Waals surface area contributed by atoms with Gasteiger partial charge >= 0.3 is 106 Å². The van der Waals surface area contributed by atoms with Crippen LogP contribution in [0.1, 0.15) is 20.8 Å². The molecule has 2 rings (SSSR count). The van der Waals surface area contributed by atoms with Gasteiger partial charge in [0.1, 0.15) is 0 Å². The van der Waals surface area contributed by atoms with Crippen LogP contribution in [0.5, 0.6) is 0 Å². The summed E-state index contributed by atoms with van der Waals surface area (Å²) in [5, 5.41) is 2.75. The summed E-state index contributed by atoms with van der Waals surface area (Å²) in [4.78, 5) is 2.49. The molecule has 0 amide bonds. The van der Waals surface area contributed by atoms with Crippen LogP contribution < -0.4 is 3.51 Å². The van der Waals surface area contributed by atoms with Crippen LogP contribution in [0.3, 0.4) is 0 Å². The molecule has 1 heteroatoms. The molecule has 0 aliphatic heterocycles.